The lowest BCUT2D eigenvalue weighted by atomic mass is 10.0. The van der Waals surface area contributed by atoms with Crippen molar-refractivity contribution in [3.05, 3.63) is 0 Å². The second-order valence-corrected chi connectivity index (χ2v) is 10.6. The molecular formula is C25H44N4O10S. The number of carbonyl (C=O) groups excluding carboxylic acids is 5. The first-order valence-corrected chi connectivity index (χ1v) is 14.6. The van der Waals surface area contributed by atoms with Crippen molar-refractivity contribution in [3.8, 4) is 0 Å². The van der Waals surface area contributed by atoms with Crippen molar-refractivity contribution in [3.63, 3.8) is 0 Å². The van der Waals surface area contributed by atoms with Gasteiger partial charge in [-0.25, -0.2) is 0 Å². The fraction of sp³-hybridized carbons (Fsp3) is 0.800. The maximum atomic E-state index is 12.6. The molecule has 4 amide bonds. The number of aliphatic hydroxyl groups excluding tert-OH is 2. The molecule has 3 unspecified atom stereocenters. The van der Waals surface area contributed by atoms with Crippen LogP contribution in [0.2, 0.25) is 0 Å². The summed E-state index contributed by atoms with van der Waals surface area (Å²) in [5.41, 5.74) is 5.21. The number of nitrogens with zero attached hydrogens (tertiary/aromatic N) is 1. The third kappa shape index (κ3) is 15.5. The van der Waals surface area contributed by atoms with E-state index in [1.165, 1.54) is 0 Å². The van der Waals surface area contributed by atoms with Gasteiger partial charge in [-0.3, -0.25) is 19.2 Å². The third-order valence-corrected chi connectivity index (χ3v) is 7.02. The summed E-state index contributed by atoms with van der Waals surface area (Å²) >= 11 is 1.67. The van der Waals surface area contributed by atoms with Crippen LogP contribution in [0.15, 0.2) is 0 Å². The van der Waals surface area contributed by atoms with Gasteiger partial charge in [0.05, 0.1) is 44.6 Å². The largest absolute Gasteiger partial charge is 0.390 e. The zero-order chi connectivity index (χ0) is 29.9. The molecule has 230 valence electrons. The minimum atomic E-state index is -0.936. The summed E-state index contributed by atoms with van der Waals surface area (Å²) < 4.78 is 16.2. The van der Waals surface area contributed by atoms with Crippen LogP contribution in [-0.2, 0) is 38.2 Å². The number of carbonyl (C=O) groups is 5. The van der Waals surface area contributed by atoms with Gasteiger partial charge in [-0.1, -0.05) is 6.92 Å². The van der Waals surface area contributed by atoms with E-state index in [1.807, 2.05) is 6.92 Å². The van der Waals surface area contributed by atoms with Crippen LogP contribution in [-0.4, -0.2) is 127 Å². The number of hydrogen-bond acceptors (Lipinski definition) is 11. The van der Waals surface area contributed by atoms with E-state index in [4.69, 9.17) is 19.9 Å². The number of aliphatic hydroxyl groups is 2. The van der Waals surface area contributed by atoms with Gasteiger partial charge in [-0.2, -0.15) is 11.8 Å². The molecule has 1 aliphatic rings. The molecule has 40 heavy (non-hydrogen) atoms. The molecule has 6 N–H and O–H groups in total. The van der Waals surface area contributed by atoms with Crippen LogP contribution >= 0.6 is 11.8 Å². The average molecular weight is 593 g/mol. The van der Waals surface area contributed by atoms with Gasteiger partial charge in [0.25, 0.3) is 0 Å². The number of ether oxygens (including phenoxy) is 3. The van der Waals surface area contributed by atoms with Crippen molar-refractivity contribution in [2.24, 2.45) is 5.73 Å². The van der Waals surface area contributed by atoms with Crippen molar-refractivity contribution in [2.75, 3.05) is 51.0 Å². The van der Waals surface area contributed by atoms with Crippen LogP contribution in [0.25, 0.3) is 0 Å². The number of aldehydes is 1. The number of nitrogens with one attached hydrogen (secondary N) is 2. The molecule has 14 nitrogen and oxygen atoms in total. The predicted molar refractivity (Wildman–Crippen MR) is 146 cm³/mol. The van der Waals surface area contributed by atoms with Gasteiger partial charge in [-0.05, 0) is 31.3 Å². The third-order valence-electron chi connectivity index (χ3n) is 5.80. The molecule has 0 radical (unpaired) electrons. The summed E-state index contributed by atoms with van der Waals surface area (Å²) in [4.78, 5) is 60.7. The van der Waals surface area contributed by atoms with E-state index in [1.54, 1.807) is 18.7 Å². The van der Waals surface area contributed by atoms with E-state index in [0.29, 0.717) is 18.5 Å². The molecule has 0 aromatic heterocycles. The van der Waals surface area contributed by atoms with Gasteiger partial charge in [0, 0.05) is 25.8 Å². The Morgan fingerprint density at radius 1 is 1.10 bits per heavy atom. The SMILES string of the molecule is CCCSCCC(C=O)NC(=O)CN(CC(N)=O)C(=O)CCC(=O)NCCOCCOC1O[C@@H](C)C(O)C[C@H]1O. The molecule has 5 atom stereocenters. The lowest BCUT2D eigenvalue weighted by Crippen LogP contribution is -2.47. The van der Waals surface area contributed by atoms with Gasteiger partial charge in [0.2, 0.25) is 23.6 Å². The Morgan fingerprint density at radius 2 is 1.85 bits per heavy atom. The molecule has 0 aliphatic carbocycles. The highest BCUT2D eigenvalue weighted by molar-refractivity contribution is 7.99. The predicted octanol–water partition coefficient (Wildman–Crippen LogP) is -1.70. The Bertz CT molecular complexity index is 806. The molecule has 1 saturated heterocycles. The van der Waals surface area contributed by atoms with Gasteiger partial charge in [0.1, 0.15) is 18.9 Å². The Balaban J connectivity index is 2.28. The highest BCUT2D eigenvalue weighted by Gasteiger charge is 2.34. The minimum Gasteiger partial charge on any atom is -0.390 e. The zero-order valence-electron chi connectivity index (χ0n) is 23.2. The molecule has 1 fully saturated rings. The Morgan fingerprint density at radius 3 is 2.52 bits per heavy atom. The zero-order valence-corrected chi connectivity index (χ0v) is 24.1. The van der Waals surface area contributed by atoms with Crippen molar-refractivity contribution in [2.45, 2.75) is 76.6 Å². The summed E-state index contributed by atoms with van der Waals surface area (Å²) in [5.74, 6) is -0.799. The van der Waals surface area contributed by atoms with Gasteiger partial charge in [-0.15, -0.1) is 0 Å². The van der Waals surface area contributed by atoms with Crippen LogP contribution in [0.1, 0.15) is 46.0 Å². The maximum absolute atomic E-state index is 12.6. The molecular weight excluding hydrogens is 548 g/mol. The van der Waals surface area contributed by atoms with E-state index in [2.05, 4.69) is 10.6 Å². The number of hydrogen-bond donors (Lipinski definition) is 5. The summed E-state index contributed by atoms with van der Waals surface area (Å²) in [6.07, 6.45) is -1.16. The van der Waals surface area contributed by atoms with Crippen molar-refractivity contribution in [1.29, 1.82) is 0 Å². The summed E-state index contributed by atoms with van der Waals surface area (Å²) in [6, 6.07) is -0.702. The quantitative estimate of drug-likeness (QED) is 0.0750. The van der Waals surface area contributed by atoms with E-state index >= 15 is 0 Å². The number of nitrogens with two attached hydrogens (primary N) is 1. The van der Waals surface area contributed by atoms with Crippen LogP contribution in [0.5, 0.6) is 0 Å². The smallest absolute Gasteiger partial charge is 0.240 e. The van der Waals surface area contributed by atoms with Crippen LogP contribution in [0, 0.1) is 0 Å². The first-order chi connectivity index (χ1) is 19.1. The van der Waals surface area contributed by atoms with Crippen molar-refractivity contribution >= 4 is 41.7 Å². The van der Waals surface area contributed by atoms with Crippen LogP contribution in [0.3, 0.4) is 0 Å². The molecule has 0 aromatic carbocycles. The fourth-order valence-electron chi connectivity index (χ4n) is 3.63. The first kappa shape index (κ1) is 35.7. The van der Waals surface area contributed by atoms with E-state index in [-0.39, 0.29) is 45.6 Å². The molecule has 0 aromatic rings. The second-order valence-electron chi connectivity index (χ2n) is 9.34. The fourth-order valence-corrected chi connectivity index (χ4v) is 4.54. The molecule has 0 spiro atoms. The first-order valence-electron chi connectivity index (χ1n) is 13.4. The Hall–Kier alpha value is -2.30. The molecule has 1 heterocycles. The van der Waals surface area contributed by atoms with Gasteiger partial charge >= 0.3 is 0 Å². The standard InChI is InChI=1S/C25H44N4O10S/c1-3-11-40-12-6-18(16-30)28-23(35)15-29(14-21(26)33)24(36)5-4-22(34)27-7-8-37-9-10-38-25-20(32)13-19(31)17(2)39-25/h16-20,25,31-32H,3-15H2,1-2H3,(H2,26,33)(H,27,34)(H,28,35)/t17-,18?,19?,20+,25?/m0/s1. The van der Waals surface area contributed by atoms with Crippen LogP contribution in [0.4, 0.5) is 0 Å². The number of amides is 4. The monoisotopic (exact) mass is 592 g/mol. The maximum Gasteiger partial charge on any atom is 0.240 e. The molecule has 1 rings (SSSR count). The molecule has 15 heteroatoms. The summed E-state index contributed by atoms with van der Waals surface area (Å²) in [6.45, 7) is 3.45. The summed E-state index contributed by atoms with van der Waals surface area (Å²) in [7, 11) is 0. The highest BCUT2D eigenvalue weighted by Crippen LogP contribution is 2.20. The normalized spacial score (nSPS) is 21.3. The molecule has 0 bridgehead atoms. The topological polar surface area (TPSA) is 207 Å². The van der Waals surface area contributed by atoms with E-state index in [0.717, 1.165) is 17.1 Å². The van der Waals surface area contributed by atoms with E-state index < -0.39 is 67.4 Å². The molecule has 1 aliphatic heterocycles. The Kier molecular flexibility index (Phi) is 18.4. The number of thioether (sulfide) groups is 1. The lowest BCUT2D eigenvalue weighted by Gasteiger charge is -2.35. The van der Waals surface area contributed by atoms with Crippen LogP contribution < -0.4 is 16.4 Å². The Labute approximate surface area is 239 Å². The van der Waals surface area contributed by atoms with Gasteiger partial charge < -0.3 is 50.5 Å². The van der Waals surface area contributed by atoms with Crippen molar-refractivity contribution < 1.29 is 48.4 Å². The highest BCUT2D eigenvalue weighted by atomic mass is 32.2. The number of primary amides is 1. The van der Waals surface area contributed by atoms with E-state index in [9.17, 15) is 34.2 Å². The lowest BCUT2D eigenvalue weighted by molar-refractivity contribution is -0.263. The van der Waals surface area contributed by atoms with Gasteiger partial charge in [0.15, 0.2) is 6.29 Å². The second kappa shape index (κ2) is 20.6. The number of rotatable bonds is 21. The van der Waals surface area contributed by atoms with Crippen molar-refractivity contribution in [1.82, 2.24) is 15.5 Å². The molecule has 0 saturated carbocycles. The minimum absolute atomic E-state index is 0.141. The average Bonchev–Trinajstić information content (AvgIpc) is 2.90. The summed E-state index contributed by atoms with van der Waals surface area (Å²) in [5, 5.41) is 24.7.